The highest BCUT2D eigenvalue weighted by Crippen LogP contribution is 2.19. The molecule has 0 unspecified atom stereocenters. The summed E-state index contributed by atoms with van der Waals surface area (Å²) in [6.07, 6.45) is 5.49. The Balaban J connectivity index is 1.44. The molecule has 3 rings (SSSR count). The number of nitrogens with zero attached hydrogens (tertiary/aromatic N) is 2. The summed E-state index contributed by atoms with van der Waals surface area (Å²) >= 11 is 0. The number of benzene rings is 1. The molecule has 0 amide bonds. The molecule has 21 heavy (non-hydrogen) atoms. The van der Waals surface area contributed by atoms with E-state index in [-0.39, 0.29) is 0 Å². The van der Waals surface area contributed by atoms with Crippen LogP contribution in [0.3, 0.4) is 0 Å². The number of fused-ring (bicyclic) bond motifs is 1. The fourth-order valence-electron chi connectivity index (χ4n) is 2.66. The number of rotatable bonds is 6. The predicted octanol–water partition coefficient (Wildman–Crippen LogP) is 2.20. The molecule has 2 N–H and O–H groups in total. The second kappa shape index (κ2) is 7.33. The monoisotopic (exact) mass is 286 g/mol. The van der Waals surface area contributed by atoms with E-state index in [1.165, 1.54) is 0 Å². The van der Waals surface area contributed by atoms with Gasteiger partial charge in [-0.2, -0.15) is 10.2 Å². The van der Waals surface area contributed by atoms with E-state index in [2.05, 4.69) is 26.9 Å². The number of ether oxygens (including phenoxy) is 1. The number of hydrogen-bond donors (Lipinski definition) is 2. The van der Waals surface area contributed by atoms with Gasteiger partial charge in [-0.05, 0) is 38.4 Å². The van der Waals surface area contributed by atoms with E-state index in [4.69, 9.17) is 4.74 Å². The lowest BCUT2D eigenvalue weighted by Gasteiger charge is -2.22. The van der Waals surface area contributed by atoms with Crippen molar-refractivity contribution in [1.29, 1.82) is 0 Å². The Labute approximate surface area is 125 Å². The number of anilines is 1. The maximum absolute atomic E-state index is 5.90. The van der Waals surface area contributed by atoms with Gasteiger partial charge in [-0.3, -0.25) is 0 Å². The van der Waals surface area contributed by atoms with Gasteiger partial charge in [0.1, 0.15) is 0 Å². The first-order valence-electron chi connectivity index (χ1n) is 7.70. The van der Waals surface area contributed by atoms with Gasteiger partial charge < -0.3 is 15.4 Å². The minimum atomic E-state index is 0.440. The zero-order chi connectivity index (χ0) is 14.3. The van der Waals surface area contributed by atoms with Crippen molar-refractivity contribution in [1.82, 2.24) is 15.5 Å². The number of piperidine rings is 1. The highest BCUT2D eigenvalue weighted by atomic mass is 16.5. The Morgan fingerprint density at radius 1 is 1.24 bits per heavy atom. The SMILES string of the molecule is c1ccc2c(NCCCOC3CCNCC3)cnnc2c1. The Hall–Kier alpha value is -1.72. The first kappa shape index (κ1) is 14.2. The van der Waals surface area contributed by atoms with Crippen LogP contribution in [0.4, 0.5) is 5.69 Å². The molecular formula is C16H22N4O. The highest BCUT2D eigenvalue weighted by molar-refractivity contribution is 5.90. The molecule has 0 radical (unpaired) electrons. The molecule has 1 aromatic heterocycles. The van der Waals surface area contributed by atoms with Gasteiger partial charge in [0, 0.05) is 18.5 Å². The molecule has 5 heteroatoms. The van der Waals surface area contributed by atoms with Crippen molar-refractivity contribution in [2.45, 2.75) is 25.4 Å². The molecule has 1 saturated heterocycles. The standard InChI is InChI=1S/C16H22N4O/c1-2-5-15-14(4-1)16(12-19-20-15)18-8-3-11-21-13-6-9-17-10-7-13/h1-2,4-5,12-13,17H,3,6-11H2,(H,18,20). The minimum Gasteiger partial charge on any atom is -0.383 e. The van der Waals surface area contributed by atoms with Gasteiger partial charge >= 0.3 is 0 Å². The third-order valence-corrected chi connectivity index (χ3v) is 3.82. The zero-order valence-electron chi connectivity index (χ0n) is 12.2. The van der Waals surface area contributed by atoms with Crippen LogP contribution in [0.2, 0.25) is 0 Å². The largest absolute Gasteiger partial charge is 0.383 e. The quantitative estimate of drug-likeness (QED) is 0.797. The van der Waals surface area contributed by atoms with Crippen molar-refractivity contribution < 1.29 is 4.74 Å². The molecule has 1 fully saturated rings. The maximum atomic E-state index is 5.90. The van der Waals surface area contributed by atoms with Gasteiger partial charge in [0.2, 0.25) is 0 Å². The summed E-state index contributed by atoms with van der Waals surface area (Å²) in [6, 6.07) is 8.05. The van der Waals surface area contributed by atoms with Crippen molar-refractivity contribution in [2.75, 3.05) is 31.6 Å². The molecule has 0 aliphatic carbocycles. The Morgan fingerprint density at radius 2 is 2.10 bits per heavy atom. The number of nitrogens with one attached hydrogen (secondary N) is 2. The summed E-state index contributed by atoms with van der Waals surface area (Å²) in [5, 5.41) is 16.1. The molecule has 2 aromatic rings. The molecular weight excluding hydrogens is 264 g/mol. The third-order valence-electron chi connectivity index (χ3n) is 3.82. The summed E-state index contributed by atoms with van der Waals surface area (Å²) < 4.78 is 5.90. The van der Waals surface area contributed by atoms with E-state index in [0.717, 1.165) is 62.1 Å². The molecule has 5 nitrogen and oxygen atoms in total. The minimum absolute atomic E-state index is 0.440. The molecule has 0 saturated carbocycles. The fraction of sp³-hybridized carbons (Fsp3) is 0.500. The van der Waals surface area contributed by atoms with E-state index < -0.39 is 0 Å². The van der Waals surface area contributed by atoms with Crippen molar-refractivity contribution in [3.63, 3.8) is 0 Å². The van der Waals surface area contributed by atoms with Crippen molar-refractivity contribution in [3.8, 4) is 0 Å². The van der Waals surface area contributed by atoms with Crippen molar-refractivity contribution in [2.24, 2.45) is 0 Å². The molecule has 1 aromatic carbocycles. The van der Waals surface area contributed by atoms with E-state index in [1.54, 1.807) is 6.20 Å². The Kier molecular flexibility index (Phi) is 4.97. The van der Waals surface area contributed by atoms with Gasteiger partial charge in [-0.1, -0.05) is 18.2 Å². The van der Waals surface area contributed by atoms with Crippen molar-refractivity contribution in [3.05, 3.63) is 30.5 Å². The van der Waals surface area contributed by atoms with Crippen LogP contribution in [-0.4, -0.2) is 42.5 Å². The summed E-state index contributed by atoms with van der Waals surface area (Å²) in [4.78, 5) is 0. The number of aromatic nitrogens is 2. The van der Waals surface area contributed by atoms with Crippen LogP contribution in [-0.2, 0) is 4.74 Å². The van der Waals surface area contributed by atoms with Crippen LogP contribution < -0.4 is 10.6 Å². The third kappa shape index (κ3) is 3.89. The maximum Gasteiger partial charge on any atom is 0.0950 e. The van der Waals surface area contributed by atoms with Gasteiger partial charge in [-0.25, -0.2) is 0 Å². The second-order valence-electron chi connectivity index (χ2n) is 5.38. The fourth-order valence-corrected chi connectivity index (χ4v) is 2.66. The normalized spacial score (nSPS) is 16.2. The molecule has 0 bridgehead atoms. The predicted molar refractivity (Wildman–Crippen MR) is 84.5 cm³/mol. The van der Waals surface area contributed by atoms with Gasteiger partial charge in [0.15, 0.2) is 0 Å². The summed E-state index contributed by atoms with van der Waals surface area (Å²) in [5.74, 6) is 0. The molecule has 1 aliphatic heterocycles. The van der Waals surface area contributed by atoms with Gasteiger partial charge in [0.25, 0.3) is 0 Å². The van der Waals surface area contributed by atoms with Crippen LogP contribution in [0.1, 0.15) is 19.3 Å². The summed E-state index contributed by atoms with van der Waals surface area (Å²) in [6.45, 7) is 3.87. The smallest absolute Gasteiger partial charge is 0.0950 e. The van der Waals surface area contributed by atoms with Crippen LogP contribution >= 0.6 is 0 Å². The second-order valence-corrected chi connectivity index (χ2v) is 5.38. The van der Waals surface area contributed by atoms with Gasteiger partial charge in [-0.15, -0.1) is 0 Å². The summed E-state index contributed by atoms with van der Waals surface area (Å²) in [7, 11) is 0. The van der Waals surface area contributed by atoms with Crippen LogP contribution in [0.15, 0.2) is 30.5 Å². The Bertz CT molecular complexity index is 564. The molecule has 0 spiro atoms. The van der Waals surface area contributed by atoms with Crippen molar-refractivity contribution >= 4 is 16.6 Å². The molecule has 112 valence electrons. The molecule has 1 aliphatic rings. The van der Waals surface area contributed by atoms with Crippen LogP contribution in [0.5, 0.6) is 0 Å². The average molecular weight is 286 g/mol. The first-order chi connectivity index (χ1) is 10.4. The lowest BCUT2D eigenvalue weighted by Crippen LogP contribution is -2.32. The van der Waals surface area contributed by atoms with E-state index in [0.29, 0.717) is 6.10 Å². The van der Waals surface area contributed by atoms with Crippen LogP contribution in [0, 0.1) is 0 Å². The van der Waals surface area contributed by atoms with E-state index in [1.807, 2.05) is 18.2 Å². The average Bonchev–Trinajstić information content (AvgIpc) is 2.56. The number of hydrogen-bond acceptors (Lipinski definition) is 5. The van der Waals surface area contributed by atoms with Crippen LogP contribution in [0.25, 0.3) is 10.9 Å². The zero-order valence-corrected chi connectivity index (χ0v) is 12.2. The lowest BCUT2D eigenvalue weighted by molar-refractivity contribution is 0.0329. The van der Waals surface area contributed by atoms with Gasteiger partial charge in [0.05, 0.1) is 23.5 Å². The topological polar surface area (TPSA) is 59.1 Å². The van der Waals surface area contributed by atoms with E-state index in [9.17, 15) is 0 Å². The molecule has 2 heterocycles. The molecule has 0 atom stereocenters. The lowest BCUT2D eigenvalue weighted by atomic mass is 10.1. The highest BCUT2D eigenvalue weighted by Gasteiger charge is 2.12. The Morgan fingerprint density at radius 3 is 3.00 bits per heavy atom. The summed E-state index contributed by atoms with van der Waals surface area (Å²) in [5.41, 5.74) is 1.97. The first-order valence-corrected chi connectivity index (χ1v) is 7.70. The van der Waals surface area contributed by atoms with E-state index >= 15 is 0 Å².